The summed E-state index contributed by atoms with van der Waals surface area (Å²) in [6, 6.07) is 4.32. The van der Waals surface area contributed by atoms with Crippen molar-refractivity contribution < 1.29 is 31.5 Å². The van der Waals surface area contributed by atoms with Gasteiger partial charge in [0.1, 0.15) is 9.23 Å². The molecular weight excluding hydrogens is 423 g/mol. The number of rotatable bonds is 6. The molecule has 2 aromatic rings. The summed E-state index contributed by atoms with van der Waals surface area (Å²) < 4.78 is 59.9. The molecule has 0 atom stereocenters. The van der Waals surface area contributed by atoms with Gasteiger partial charge in [-0.15, -0.1) is 11.3 Å². The van der Waals surface area contributed by atoms with Crippen molar-refractivity contribution in [3.63, 3.8) is 0 Å². The quantitative estimate of drug-likeness (QED) is 0.752. The number of halogens is 4. The van der Waals surface area contributed by atoms with Crippen LogP contribution in [0, 0.1) is 0 Å². The first-order valence-electron chi connectivity index (χ1n) is 6.29. The van der Waals surface area contributed by atoms with Crippen LogP contribution in [0.2, 0.25) is 8.67 Å². The molecule has 25 heavy (non-hydrogen) atoms. The predicted octanol–water partition coefficient (Wildman–Crippen LogP) is 3.78. The van der Waals surface area contributed by atoms with Crippen molar-refractivity contribution in [3.05, 3.63) is 38.5 Å². The smallest absolute Gasteiger partial charge is 0.387 e. The van der Waals surface area contributed by atoms with E-state index in [-0.39, 0.29) is 30.6 Å². The Morgan fingerprint density at radius 1 is 1.24 bits per heavy atom. The van der Waals surface area contributed by atoms with Gasteiger partial charge in [-0.2, -0.15) is 8.78 Å². The van der Waals surface area contributed by atoms with Crippen molar-refractivity contribution >= 4 is 50.5 Å². The molecule has 0 spiro atoms. The first-order valence-corrected chi connectivity index (χ1v) is 9.34. The zero-order chi connectivity index (χ0) is 18.8. The van der Waals surface area contributed by atoms with E-state index in [1.807, 2.05) is 0 Å². The lowest BCUT2D eigenvalue weighted by atomic mass is 10.2. The van der Waals surface area contributed by atoms with Gasteiger partial charge in [0.05, 0.1) is 11.4 Å². The lowest BCUT2D eigenvalue weighted by Gasteiger charge is -2.11. The maximum Gasteiger partial charge on any atom is 0.387 e. The van der Waals surface area contributed by atoms with Crippen LogP contribution < -0.4 is 14.2 Å². The molecule has 2 rings (SSSR count). The molecule has 0 bridgehead atoms. The van der Waals surface area contributed by atoms with Crippen molar-refractivity contribution in [2.75, 3.05) is 7.11 Å². The molecule has 0 aliphatic carbocycles. The van der Waals surface area contributed by atoms with Crippen molar-refractivity contribution in [1.29, 1.82) is 0 Å². The number of amides is 1. The first-order chi connectivity index (χ1) is 11.6. The molecule has 1 heterocycles. The number of hydrogen-bond donors (Lipinski definition) is 1. The van der Waals surface area contributed by atoms with Gasteiger partial charge in [-0.25, -0.2) is 13.1 Å². The van der Waals surface area contributed by atoms with Crippen LogP contribution in [0.4, 0.5) is 8.78 Å². The fourth-order valence-electron chi connectivity index (χ4n) is 1.75. The van der Waals surface area contributed by atoms with Crippen molar-refractivity contribution in [3.8, 4) is 11.5 Å². The fourth-order valence-corrected chi connectivity index (χ4v) is 4.87. The molecule has 1 N–H and O–H groups in total. The van der Waals surface area contributed by atoms with E-state index in [1.165, 1.54) is 7.11 Å². The van der Waals surface area contributed by atoms with Gasteiger partial charge in [0.25, 0.3) is 15.9 Å². The number of sulfonamides is 1. The molecule has 1 aromatic heterocycles. The van der Waals surface area contributed by atoms with Crippen LogP contribution in [0.5, 0.6) is 11.5 Å². The Morgan fingerprint density at radius 2 is 1.92 bits per heavy atom. The largest absolute Gasteiger partial charge is 0.493 e. The lowest BCUT2D eigenvalue weighted by molar-refractivity contribution is -0.0512. The summed E-state index contributed by atoms with van der Waals surface area (Å²) in [4.78, 5) is 11.8. The lowest BCUT2D eigenvalue weighted by Crippen LogP contribution is -2.30. The molecule has 0 saturated heterocycles. The Balaban J connectivity index is 2.27. The van der Waals surface area contributed by atoms with E-state index in [1.54, 1.807) is 4.72 Å². The molecule has 0 aliphatic rings. The Bertz CT molecular complexity index is 902. The third-order valence-electron chi connectivity index (χ3n) is 2.78. The number of carbonyl (C=O) groups excluding carboxylic acids is 1. The van der Waals surface area contributed by atoms with Crippen LogP contribution in [0.25, 0.3) is 0 Å². The van der Waals surface area contributed by atoms with E-state index < -0.39 is 22.5 Å². The first kappa shape index (κ1) is 19.7. The normalized spacial score (nSPS) is 11.4. The molecule has 12 heteroatoms. The second kappa shape index (κ2) is 7.73. The van der Waals surface area contributed by atoms with Gasteiger partial charge >= 0.3 is 6.61 Å². The van der Waals surface area contributed by atoms with Gasteiger partial charge in [0.15, 0.2) is 11.5 Å². The van der Waals surface area contributed by atoms with Crippen molar-refractivity contribution in [2.45, 2.75) is 11.5 Å². The molecule has 1 amide bonds. The number of alkyl halides is 2. The molecule has 136 valence electrons. The standard InChI is InChI=1S/C13H9Cl2F2NO5S2/c1-22-8-4-6(2-3-7(8)23-13(16)17)12(19)18-25(20,21)9-5-10(14)24-11(9)15/h2-5,13H,1H3,(H,18,19). The molecule has 6 nitrogen and oxygen atoms in total. The highest BCUT2D eigenvalue weighted by Crippen LogP contribution is 2.34. The minimum atomic E-state index is -4.26. The Kier molecular flexibility index (Phi) is 6.09. The van der Waals surface area contributed by atoms with Crippen LogP contribution >= 0.6 is 34.5 Å². The van der Waals surface area contributed by atoms with Crippen LogP contribution in [0.1, 0.15) is 10.4 Å². The van der Waals surface area contributed by atoms with Gasteiger partial charge in [0, 0.05) is 5.56 Å². The molecule has 0 radical (unpaired) electrons. The maximum absolute atomic E-state index is 12.3. The second-order valence-electron chi connectivity index (χ2n) is 4.37. The summed E-state index contributed by atoms with van der Waals surface area (Å²) in [5.74, 6) is -1.48. The third-order valence-corrected chi connectivity index (χ3v) is 5.87. The number of thiophene rings is 1. The minimum Gasteiger partial charge on any atom is -0.493 e. The SMILES string of the molecule is COc1cc(C(=O)NS(=O)(=O)c2cc(Cl)sc2Cl)ccc1OC(F)F. The highest BCUT2D eigenvalue weighted by molar-refractivity contribution is 7.90. The summed E-state index contributed by atoms with van der Waals surface area (Å²) >= 11 is 12.3. The molecule has 0 unspecified atom stereocenters. The van der Waals surface area contributed by atoms with E-state index in [2.05, 4.69) is 4.74 Å². The minimum absolute atomic E-state index is 0.108. The zero-order valence-corrected chi connectivity index (χ0v) is 15.4. The average molecular weight is 432 g/mol. The number of methoxy groups -OCH3 is 1. The number of nitrogens with one attached hydrogen (secondary N) is 1. The van der Waals surface area contributed by atoms with E-state index in [4.69, 9.17) is 27.9 Å². The maximum atomic E-state index is 12.3. The van der Waals surface area contributed by atoms with Crippen molar-refractivity contribution in [1.82, 2.24) is 4.72 Å². The van der Waals surface area contributed by atoms with E-state index in [9.17, 15) is 22.0 Å². The van der Waals surface area contributed by atoms with Crippen LogP contribution in [-0.4, -0.2) is 28.0 Å². The summed E-state index contributed by atoms with van der Waals surface area (Å²) in [6.45, 7) is -3.08. The van der Waals surface area contributed by atoms with Gasteiger partial charge in [0.2, 0.25) is 0 Å². The summed E-state index contributed by atoms with van der Waals surface area (Å²) in [6.07, 6.45) is 0. The third kappa shape index (κ3) is 4.72. The van der Waals surface area contributed by atoms with E-state index >= 15 is 0 Å². The predicted molar refractivity (Wildman–Crippen MR) is 88.6 cm³/mol. The number of ether oxygens (including phenoxy) is 2. The summed E-state index contributed by atoms with van der Waals surface area (Å²) in [5.41, 5.74) is -0.153. The van der Waals surface area contributed by atoms with Crippen LogP contribution in [0.3, 0.4) is 0 Å². The van der Waals surface area contributed by atoms with Crippen LogP contribution in [-0.2, 0) is 10.0 Å². The monoisotopic (exact) mass is 431 g/mol. The summed E-state index contributed by atoms with van der Waals surface area (Å²) in [5, 5.41) is 0. The fraction of sp³-hybridized carbons (Fsp3) is 0.154. The number of hydrogen-bond acceptors (Lipinski definition) is 6. The molecule has 1 aromatic carbocycles. The molecule has 0 fully saturated rings. The van der Waals surface area contributed by atoms with E-state index in [0.717, 1.165) is 35.6 Å². The molecular formula is C13H9Cl2F2NO5S2. The number of carbonyl (C=O) groups is 1. The van der Waals surface area contributed by atoms with Gasteiger partial charge < -0.3 is 9.47 Å². The second-order valence-corrected chi connectivity index (χ2v) is 8.30. The summed E-state index contributed by atoms with van der Waals surface area (Å²) in [7, 11) is -3.08. The van der Waals surface area contributed by atoms with Gasteiger partial charge in [-0.05, 0) is 24.3 Å². The molecule has 0 aliphatic heterocycles. The Labute approximate surface area is 155 Å². The highest BCUT2D eigenvalue weighted by Gasteiger charge is 2.24. The Hall–Kier alpha value is -1.62. The zero-order valence-electron chi connectivity index (χ0n) is 12.3. The van der Waals surface area contributed by atoms with Gasteiger partial charge in [-0.1, -0.05) is 23.2 Å². The Morgan fingerprint density at radius 3 is 2.44 bits per heavy atom. The van der Waals surface area contributed by atoms with Crippen LogP contribution in [0.15, 0.2) is 29.2 Å². The molecule has 0 saturated carbocycles. The van der Waals surface area contributed by atoms with Gasteiger partial charge in [-0.3, -0.25) is 4.79 Å². The van der Waals surface area contributed by atoms with Crippen molar-refractivity contribution in [2.24, 2.45) is 0 Å². The number of benzene rings is 1. The topological polar surface area (TPSA) is 81.7 Å². The van der Waals surface area contributed by atoms with E-state index in [0.29, 0.717) is 0 Å². The highest BCUT2D eigenvalue weighted by atomic mass is 35.5. The average Bonchev–Trinajstić information content (AvgIpc) is 2.86.